The van der Waals surface area contributed by atoms with Gasteiger partial charge in [-0.25, -0.2) is 0 Å². The van der Waals surface area contributed by atoms with Gasteiger partial charge in [-0.2, -0.15) is 0 Å². The van der Waals surface area contributed by atoms with E-state index in [0.717, 1.165) is 32.6 Å². The number of nitrogens with zero attached hydrogens (tertiary/aromatic N) is 2. The number of benzene rings is 4. The van der Waals surface area contributed by atoms with Crippen LogP contribution in [0.5, 0.6) is 0 Å². The van der Waals surface area contributed by atoms with Gasteiger partial charge in [0.1, 0.15) is 0 Å². The minimum atomic E-state index is -1.37. The molecule has 0 aliphatic carbocycles. The summed E-state index contributed by atoms with van der Waals surface area (Å²) in [4.78, 5) is 8.62. The van der Waals surface area contributed by atoms with Gasteiger partial charge >= 0.3 is 7.12 Å². The molecule has 2 N–H and O–H groups in total. The van der Waals surface area contributed by atoms with Gasteiger partial charge in [0.25, 0.3) is 0 Å². The fraction of sp³-hybridized carbons (Fsp3) is 0. The van der Waals surface area contributed by atoms with Gasteiger partial charge in [0.15, 0.2) is 0 Å². The van der Waals surface area contributed by atoms with Crippen LogP contribution in [-0.2, 0) is 0 Å². The molecule has 0 unspecified atom stereocenters. The third-order valence-corrected chi connectivity index (χ3v) is 6.73. The maximum Gasteiger partial charge on any atom is 0.480 e. The topological polar surface area (TPSA) is 66.2 Å². The molecule has 6 heteroatoms. The maximum absolute atomic E-state index is 8.48. The Morgan fingerprint density at radius 3 is 1.30 bits per heavy atom. The van der Waals surface area contributed by atoms with Gasteiger partial charge in [0, 0.05) is 28.0 Å². The van der Waals surface area contributed by atoms with Crippen molar-refractivity contribution >= 4 is 41.3 Å². The Labute approximate surface area is 268 Å². The van der Waals surface area contributed by atoms with Crippen LogP contribution in [0.4, 0.5) is 0 Å². The summed E-state index contributed by atoms with van der Waals surface area (Å²) in [6.45, 7) is 0. The molecule has 0 bridgehead atoms. The van der Waals surface area contributed by atoms with Gasteiger partial charge in [0.2, 0.25) is 0 Å². The van der Waals surface area contributed by atoms with Crippen LogP contribution in [0.2, 0.25) is 0 Å². The van der Waals surface area contributed by atoms with E-state index in [0.29, 0.717) is 0 Å². The summed E-state index contributed by atoms with van der Waals surface area (Å²) in [6.07, 6.45) is 9.52. The van der Waals surface area contributed by atoms with E-state index in [1.54, 1.807) is 12.3 Å². The van der Waals surface area contributed by atoms with Crippen molar-refractivity contribution in [3.8, 4) is 22.5 Å². The van der Waals surface area contributed by atoms with Crippen LogP contribution >= 0.6 is 15.9 Å². The first-order chi connectivity index (χ1) is 21.6. The molecule has 0 amide bonds. The van der Waals surface area contributed by atoms with E-state index >= 15 is 0 Å². The average molecular weight is 639 g/mol. The third-order valence-electron chi connectivity index (χ3n) is 6.20. The van der Waals surface area contributed by atoms with Crippen LogP contribution in [0.15, 0.2) is 168 Å². The Bertz CT molecular complexity index is 1700. The molecule has 0 aliphatic heterocycles. The van der Waals surface area contributed by atoms with E-state index in [-0.39, 0.29) is 0 Å². The average Bonchev–Trinajstić information content (AvgIpc) is 3.09. The number of pyridine rings is 2. The second kappa shape index (κ2) is 17.9. The predicted octanol–water partition coefficient (Wildman–Crippen LogP) is 9.14. The summed E-state index contributed by atoms with van der Waals surface area (Å²) in [6, 6.07) is 48.2. The van der Waals surface area contributed by atoms with Crippen LogP contribution in [0.1, 0.15) is 16.7 Å². The summed E-state index contributed by atoms with van der Waals surface area (Å²) in [7, 11) is -1.37. The maximum atomic E-state index is 8.48. The lowest BCUT2D eigenvalue weighted by Crippen LogP contribution is -2.05. The lowest BCUT2D eigenvalue weighted by molar-refractivity contribution is 0.424. The molecule has 0 radical (unpaired) electrons. The second-order valence-electron chi connectivity index (χ2n) is 9.49. The van der Waals surface area contributed by atoms with Gasteiger partial charge < -0.3 is 10.0 Å². The molecule has 6 aromatic rings. The van der Waals surface area contributed by atoms with Gasteiger partial charge in [-0.3, -0.25) is 9.97 Å². The molecule has 4 aromatic carbocycles. The number of hydrogen-bond acceptors (Lipinski definition) is 4. The Balaban J connectivity index is 0.000000160. The van der Waals surface area contributed by atoms with Crippen molar-refractivity contribution in [3.05, 3.63) is 185 Å². The normalized spacial score (nSPS) is 10.4. The second-order valence-corrected chi connectivity index (χ2v) is 10.4. The van der Waals surface area contributed by atoms with Gasteiger partial charge in [-0.05, 0) is 53.1 Å². The molecule has 2 heterocycles. The first-order valence-corrected chi connectivity index (χ1v) is 14.9. The molecule has 0 aliphatic rings. The molecular weight excluding hydrogens is 607 g/mol. The largest absolute Gasteiger partial charge is 0.480 e. The number of rotatable bonds is 6. The number of aromatic nitrogens is 2. The summed E-state index contributed by atoms with van der Waals surface area (Å²) in [5, 5.41) is 17.0. The lowest BCUT2D eigenvalue weighted by atomic mass is 9.91. The molecule has 0 atom stereocenters. The molecule has 0 saturated heterocycles. The van der Waals surface area contributed by atoms with E-state index in [9.17, 15) is 0 Å². The Morgan fingerprint density at radius 1 is 0.455 bits per heavy atom. The van der Waals surface area contributed by atoms with E-state index < -0.39 is 7.12 Å². The number of halogens is 1. The molecule has 0 saturated carbocycles. The van der Waals surface area contributed by atoms with Crippen molar-refractivity contribution in [2.45, 2.75) is 0 Å². The Kier molecular flexibility index (Phi) is 13.1. The zero-order chi connectivity index (χ0) is 30.8. The smallest absolute Gasteiger partial charge is 0.424 e. The third kappa shape index (κ3) is 11.4. The number of hydrogen-bond donors (Lipinski definition) is 2. The fourth-order valence-corrected chi connectivity index (χ4v) is 4.23. The summed E-state index contributed by atoms with van der Waals surface area (Å²) in [5.41, 5.74) is 7.66. The SMILES string of the molecule is Brc1ccc(-c2ccccn2)cc1.C(=C\c1ccc(-c2ccccn2)cc1)/c1ccccc1.OB(O)/C=C/c1ccccc1. The molecular formula is C38H32BBrN2O2. The molecule has 2 aromatic heterocycles. The molecule has 0 spiro atoms. The van der Waals surface area contributed by atoms with Crippen molar-refractivity contribution in [2.75, 3.05) is 0 Å². The fourth-order valence-electron chi connectivity index (χ4n) is 3.97. The molecule has 216 valence electrons. The first kappa shape index (κ1) is 32.0. The van der Waals surface area contributed by atoms with Crippen molar-refractivity contribution in [1.82, 2.24) is 9.97 Å². The first-order valence-electron chi connectivity index (χ1n) is 14.1. The van der Waals surface area contributed by atoms with E-state index in [4.69, 9.17) is 10.0 Å². The minimum absolute atomic E-state index is 0.959. The zero-order valence-corrected chi connectivity index (χ0v) is 25.7. The summed E-state index contributed by atoms with van der Waals surface area (Å²) in [5.74, 6) is 1.31. The van der Waals surface area contributed by atoms with Gasteiger partial charge in [-0.1, -0.05) is 149 Å². The van der Waals surface area contributed by atoms with Crippen molar-refractivity contribution < 1.29 is 10.0 Å². The highest BCUT2D eigenvalue weighted by Gasteiger charge is 1.98. The Hall–Kier alpha value is -4.88. The molecule has 6 rings (SSSR count). The summed E-state index contributed by atoms with van der Waals surface area (Å²) < 4.78 is 1.09. The monoisotopic (exact) mass is 638 g/mol. The van der Waals surface area contributed by atoms with E-state index in [2.05, 4.69) is 74.4 Å². The highest BCUT2D eigenvalue weighted by atomic mass is 79.9. The van der Waals surface area contributed by atoms with Crippen molar-refractivity contribution in [2.24, 2.45) is 0 Å². The van der Waals surface area contributed by atoms with Crippen LogP contribution in [0, 0.1) is 0 Å². The highest BCUT2D eigenvalue weighted by molar-refractivity contribution is 9.10. The van der Waals surface area contributed by atoms with E-state index in [1.165, 1.54) is 17.1 Å². The van der Waals surface area contributed by atoms with Crippen LogP contribution < -0.4 is 0 Å². The summed E-state index contributed by atoms with van der Waals surface area (Å²) >= 11 is 3.40. The zero-order valence-electron chi connectivity index (χ0n) is 24.1. The molecule has 4 nitrogen and oxygen atoms in total. The lowest BCUT2D eigenvalue weighted by Gasteiger charge is -2.01. The van der Waals surface area contributed by atoms with Crippen LogP contribution in [-0.4, -0.2) is 27.1 Å². The predicted molar refractivity (Wildman–Crippen MR) is 188 cm³/mol. The van der Waals surface area contributed by atoms with E-state index in [1.807, 2.05) is 115 Å². The van der Waals surface area contributed by atoms with Gasteiger partial charge in [-0.15, -0.1) is 0 Å². The Morgan fingerprint density at radius 2 is 0.864 bits per heavy atom. The van der Waals surface area contributed by atoms with Gasteiger partial charge in [0.05, 0.1) is 11.4 Å². The van der Waals surface area contributed by atoms with Crippen molar-refractivity contribution in [3.63, 3.8) is 0 Å². The van der Waals surface area contributed by atoms with Crippen LogP contribution in [0.25, 0.3) is 40.7 Å². The highest BCUT2D eigenvalue weighted by Crippen LogP contribution is 2.19. The van der Waals surface area contributed by atoms with Crippen molar-refractivity contribution in [1.29, 1.82) is 0 Å². The molecule has 44 heavy (non-hydrogen) atoms. The van der Waals surface area contributed by atoms with Crippen LogP contribution in [0.3, 0.4) is 0 Å². The standard InChI is InChI=1S/C19H15N.C11H8BrN.C8H9BO2/c1-2-6-16(7-3-1)9-10-17-11-13-18(14-12-17)19-8-4-5-15-20-19;12-10-6-4-9(5-7-10)11-3-1-2-8-13-11;10-9(11)7-6-8-4-2-1-3-5-8/h1-15H;1-8H;1-7,10-11H/b10-9+;;7-6+. The quantitative estimate of drug-likeness (QED) is 0.141. The molecule has 0 fully saturated rings. The minimum Gasteiger partial charge on any atom is -0.424 e.